The summed E-state index contributed by atoms with van der Waals surface area (Å²) in [7, 11) is 0. The van der Waals surface area contributed by atoms with Gasteiger partial charge in [0.15, 0.2) is 0 Å². The lowest BCUT2D eigenvalue weighted by molar-refractivity contribution is -0.125. The van der Waals surface area contributed by atoms with Crippen molar-refractivity contribution in [2.24, 2.45) is 11.8 Å². The first kappa shape index (κ1) is 16.1. The van der Waals surface area contributed by atoms with E-state index in [1.807, 2.05) is 24.3 Å². The number of nitrogens with one attached hydrogen (secondary N) is 1. The quantitative estimate of drug-likeness (QED) is 0.897. The number of carbonyl (C=O) groups excluding carboxylic acids is 1. The van der Waals surface area contributed by atoms with E-state index in [2.05, 4.69) is 32.7 Å². The molecule has 0 unspecified atom stereocenters. The minimum absolute atomic E-state index is 0.00988. The maximum atomic E-state index is 12.4. The van der Waals surface area contributed by atoms with Crippen molar-refractivity contribution in [1.29, 1.82) is 0 Å². The van der Waals surface area contributed by atoms with Crippen LogP contribution in [0, 0.1) is 18.8 Å². The molecule has 1 aromatic heterocycles. The van der Waals surface area contributed by atoms with E-state index in [1.54, 1.807) is 4.68 Å². The zero-order valence-corrected chi connectivity index (χ0v) is 14.6. The highest BCUT2D eigenvalue weighted by Crippen LogP contribution is 2.28. The Morgan fingerprint density at radius 2 is 2.04 bits per heavy atom. The third-order valence-electron chi connectivity index (χ3n) is 5.07. The summed E-state index contributed by atoms with van der Waals surface area (Å²) in [4.78, 5) is 14.6. The van der Waals surface area contributed by atoms with Gasteiger partial charge < -0.3 is 10.2 Å². The van der Waals surface area contributed by atoms with E-state index in [0.717, 1.165) is 31.6 Å². The summed E-state index contributed by atoms with van der Waals surface area (Å²) in [6.45, 7) is 4.43. The molecule has 1 saturated carbocycles. The molecule has 1 aromatic carbocycles. The molecular formula is C18H24N6O. The van der Waals surface area contributed by atoms with Crippen LogP contribution >= 0.6 is 0 Å². The van der Waals surface area contributed by atoms with Crippen molar-refractivity contribution in [2.75, 3.05) is 24.5 Å². The number of hydrogen-bond donors (Lipinski definition) is 1. The number of amides is 1. The van der Waals surface area contributed by atoms with Crippen LogP contribution in [0.1, 0.15) is 31.2 Å². The first-order chi connectivity index (χ1) is 12.2. The molecule has 1 saturated heterocycles. The molecular weight excluding hydrogens is 316 g/mol. The van der Waals surface area contributed by atoms with Crippen LogP contribution in [0.2, 0.25) is 0 Å². The van der Waals surface area contributed by atoms with Gasteiger partial charge in [-0.15, -0.1) is 0 Å². The Morgan fingerprint density at radius 1 is 1.24 bits per heavy atom. The maximum absolute atomic E-state index is 12.4. The first-order valence-corrected chi connectivity index (χ1v) is 9.09. The Bertz CT molecular complexity index is 736. The predicted octanol–water partition coefficient (Wildman–Crippen LogP) is 1.71. The number of piperidine rings is 1. The first-order valence-electron chi connectivity index (χ1n) is 9.09. The third kappa shape index (κ3) is 3.65. The predicted molar refractivity (Wildman–Crippen MR) is 94.6 cm³/mol. The highest BCUT2D eigenvalue weighted by molar-refractivity contribution is 5.79. The van der Waals surface area contributed by atoms with E-state index >= 15 is 0 Å². The van der Waals surface area contributed by atoms with Crippen molar-refractivity contribution in [1.82, 2.24) is 25.5 Å². The highest BCUT2D eigenvalue weighted by Gasteiger charge is 2.30. The van der Waals surface area contributed by atoms with Gasteiger partial charge >= 0.3 is 0 Å². The van der Waals surface area contributed by atoms with E-state index in [0.29, 0.717) is 18.4 Å². The van der Waals surface area contributed by atoms with Crippen molar-refractivity contribution >= 4 is 11.9 Å². The van der Waals surface area contributed by atoms with Gasteiger partial charge in [0.1, 0.15) is 0 Å². The molecule has 132 valence electrons. The van der Waals surface area contributed by atoms with Gasteiger partial charge in [0.05, 0.1) is 11.6 Å². The molecule has 1 atom stereocenters. The average Bonchev–Trinajstić information content (AvgIpc) is 3.35. The second-order valence-electron chi connectivity index (χ2n) is 7.20. The molecule has 7 nitrogen and oxygen atoms in total. The molecule has 0 bridgehead atoms. The number of nitrogens with zero attached hydrogens (tertiary/aromatic N) is 5. The van der Waals surface area contributed by atoms with Crippen LogP contribution in [0.3, 0.4) is 0 Å². The van der Waals surface area contributed by atoms with Gasteiger partial charge in [0.25, 0.3) is 0 Å². The smallest absolute Gasteiger partial charge is 0.250 e. The number of tetrazole rings is 1. The molecule has 2 aliphatic rings. The van der Waals surface area contributed by atoms with Crippen LogP contribution in [-0.4, -0.2) is 45.7 Å². The normalized spacial score (nSPS) is 20.5. The van der Waals surface area contributed by atoms with Crippen molar-refractivity contribution in [3.63, 3.8) is 0 Å². The van der Waals surface area contributed by atoms with Crippen molar-refractivity contribution < 1.29 is 4.79 Å². The van der Waals surface area contributed by atoms with Gasteiger partial charge in [-0.3, -0.25) is 4.79 Å². The Balaban J connectivity index is 1.47. The maximum Gasteiger partial charge on any atom is 0.250 e. The molecule has 0 spiro atoms. The molecule has 1 aliphatic heterocycles. The SMILES string of the molecule is Cc1ccc(-n2nnnc2N2CCC[C@H](C(=O)NCC3CC3)C2)cc1. The fourth-order valence-corrected chi connectivity index (χ4v) is 3.32. The Morgan fingerprint density at radius 3 is 2.80 bits per heavy atom. The average molecular weight is 340 g/mol. The summed E-state index contributed by atoms with van der Waals surface area (Å²) in [5.41, 5.74) is 2.13. The lowest BCUT2D eigenvalue weighted by Crippen LogP contribution is -2.44. The van der Waals surface area contributed by atoms with Crippen LogP contribution < -0.4 is 10.2 Å². The molecule has 2 heterocycles. The molecule has 0 radical (unpaired) electrons. The standard InChI is InChI=1S/C18H24N6O/c1-13-4-8-16(9-5-13)24-18(20-21-22-24)23-10-2-3-15(12-23)17(25)19-11-14-6-7-14/h4-5,8-9,14-15H,2-3,6-7,10-12H2,1H3,(H,19,25)/t15-/m0/s1. The second-order valence-corrected chi connectivity index (χ2v) is 7.20. The number of aromatic nitrogens is 4. The summed E-state index contributed by atoms with van der Waals surface area (Å²) in [6.07, 6.45) is 4.41. The fourth-order valence-electron chi connectivity index (χ4n) is 3.32. The minimum atomic E-state index is 0.00988. The molecule has 4 rings (SSSR count). The van der Waals surface area contributed by atoms with E-state index in [1.165, 1.54) is 18.4 Å². The minimum Gasteiger partial charge on any atom is -0.356 e. The molecule has 1 amide bonds. The van der Waals surface area contributed by atoms with Crippen molar-refractivity contribution in [3.05, 3.63) is 29.8 Å². The van der Waals surface area contributed by atoms with E-state index in [4.69, 9.17) is 0 Å². The zero-order valence-electron chi connectivity index (χ0n) is 14.6. The molecule has 2 fully saturated rings. The van der Waals surface area contributed by atoms with E-state index in [-0.39, 0.29) is 11.8 Å². The summed E-state index contributed by atoms with van der Waals surface area (Å²) in [5.74, 6) is 1.60. The highest BCUT2D eigenvalue weighted by atomic mass is 16.1. The van der Waals surface area contributed by atoms with E-state index < -0.39 is 0 Å². The number of anilines is 1. The molecule has 7 heteroatoms. The van der Waals surface area contributed by atoms with Crippen LogP contribution in [-0.2, 0) is 4.79 Å². The lowest BCUT2D eigenvalue weighted by atomic mass is 9.97. The number of hydrogen-bond acceptors (Lipinski definition) is 5. The van der Waals surface area contributed by atoms with Gasteiger partial charge in [0, 0.05) is 19.6 Å². The van der Waals surface area contributed by atoms with Gasteiger partial charge in [0.2, 0.25) is 11.9 Å². The molecule has 1 N–H and O–H groups in total. The topological polar surface area (TPSA) is 75.9 Å². The summed E-state index contributed by atoms with van der Waals surface area (Å²) < 4.78 is 1.75. The number of rotatable bonds is 5. The number of benzene rings is 1. The summed E-state index contributed by atoms with van der Waals surface area (Å²) in [5, 5.41) is 15.3. The molecule has 1 aliphatic carbocycles. The Hall–Kier alpha value is -2.44. The fraction of sp³-hybridized carbons (Fsp3) is 0.556. The molecule has 2 aromatic rings. The number of carbonyl (C=O) groups is 1. The van der Waals surface area contributed by atoms with Crippen LogP contribution in [0.5, 0.6) is 0 Å². The lowest BCUT2D eigenvalue weighted by Gasteiger charge is -2.32. The summed E-state index contributed by atoms with van der Waals surface area (Å²) >= 11 is 0. The van der Waals surface area contributed by atoms with Gasteiger partial charge in [-0.25, -0.2) is 0 Å². The van der Waals surface area contributed by atoms with Gasteiger partial charge in [-0.2, -0.15) is 4.68 Å². The zero-order chi connectivity index (χ0) is 17.2. The van der Waals surface area contributed by atoms with Crippen LogP contribution in [0.25, 0.3) is 5.69 Å². The van der Waals surface area contributed by atoms with Crippen LogP contribution in [0.4, 0.5) is 5.95 Å². The Kier molecular flexibility index (Phi) is 4.38. The second kappa shape index (κ2) is 6.82. The van der Waals surface area contributed by atoms with Gasteiger partial charge in [-0.1, -0.05) is 22.8 Å². The van der Waals surface area contributed by atoms with Crippen molar-refractivity contribution in [2.45, 2.75) is 32.6 Å². The van der Waals surface area contributed by atoms with E-state index in [9.17, 15) is 4.79 Å². The van der Waals surface area contributed by atoms with Gasteiger partial charge in [-0.05, 0) is 61.1 Å². The third-order valence-corrected chi connectivity index (χ3v) is 5.07. The van der Waals surface area contributed by atoms with Crippen molar-refractivity contribution in [3.8, 4) is 5.69 Å². The number of aryl methyl sites for hydroxylation is 1. The largest absolute Gasteiger partial charge is 0.356 e. The summed E-state index contributed by atoms with van der Waals surface area (Å²) in [6, 6.07) is 8.12. The Labute approximate surface area is 147 Å². The monoisotopic (exact) mass is 340 g/mol. The van der Waals surface area contributed by atoms with Crippen LogP contribution in [0.15, 0.2) is 24.3 Å². The molecule has 25 heavy (non-hydrogen) atoms.